The monoisotopic (exact) mass is 428 g/mol. The zero-order chi connectivity index (χ0) is 22.2. The highest BCUT2D eigenvalue weighted by Crippen LogP contribution is 2.27. The van der Waals surface area contributed by atoms with Crippen LogP contribution in [0.2, 0.25) is 0 Å². The van der Waals surface area contributed by atoms with Gasteiger partial charge in [0.1, 0.15) is 17.6 Å². The fourth-order valence-corrected chi connectivity index (χ4v) is 4.82. The van der Waals surface area contributed by atoms with Crippen LogP contribution >= 0.6 is 0 Å². The predicted molar refractivity (Wildman–Crippen MR) is 127 cm³/mol. The highest BCUT2D eigenvalue weighted by Gasteiger charge is 2.24. The number of aromatic nitrogens is 3. The maximum absolute atomic E-state index is 13.6. The minimum Gasteiger partial charge on any atom is -0.341 e. The zero-order valence-electron chi connectivity index (χ0n) is 18.6. The Bertz CT molecular complexity index is 1350. The summed E-state index contributed by atoms with van der Waals surface area (Å²) in [6.45, 7) is 6.39. The molecule has 0 spiro atoms. The first-order valence-electron chi connectivity index (χ1n) is 11.3. The van der Waals surface area contributed by atoms with E-state index in [-0.39, 0.29) is 18.0 Å². The lowest BCUT2D eigenvalue weighted by atomic mass is 10.0. The van der Waals surface area contributed by atoms with Crippen LogP contribution in [-0.2, 0) is 17.9 Å². The van der Waals surface area contributed by atoms with Crippen molar-refractivity contribution in [2.45, 2.75) is 39.8 Å². The molecule has 32 heavy (non-hydrogen) atoms. The third-order valence-corrected chi connectivity index (χ3v) is 6.48. The van der Waals surface area contributed by atoms with Crippen molar-refractivity contribution in [2.75, 3.05) is 13.1 Å². The van der Waals surface area contributed by atoms with E-state index in [1.54, 1.807) is 10.9 Å². The Kier molecular flexibility index (Phi) is 5.29. The highest BCUT2D eigenvalue weighted by molar-refractivity contribution is 6.06. The van der Waals surface area contributed by atoms with Crippen molar-refractivity contribution in [1.29, 1.82) is 0 Å². The third-order valence-electron chi connectivity index (χ3n) is 6.48. The molecule has 1 fully saturated rings. The van der Waals surface area contributed by atoms with Crippen molar-refractivity contribution in [1.82, 2.24) is 19.0 Å². The summed E-state index contributed by atoms with van der Waals surface area (Å²) >= 11 is 0. The minimum absolute atomic E-state index is 0.0637. The molecule has 0 saturated carbocycles. The molecule has 0 radical (unpaired) electrons. The molecule has 4 aromatic rings. The predicted octanol–water partition coefficient (Wildman–Crippen LogP) is 3.97. The number of likely N-dealkylation sites (tertiary alicyclic amines) is 1. The number of hydrogen-bond acceptors (Lipinski definition) is 3. The number of amides is 1. The van der Waals surface area contributed by atoms with Crippen molar-refractivity contribution in [3.05, 3.63) is 76.3 Å². The molecule has 1 aliphatic heterocycles. The van der Waals surface area contributed by atoms with Crippen LogP contribution < -0.4 is 5.56 Å². The smallest absolute Gasteiger partial charge is 0.278 e. The molecule has 0 aliphatic carbocycles. The molecule has 6 nitrogen and oxygen atoms in total. The van der Waals surface area contributed by atoms with Gasteiger partial charge < -0.3 is 9.47 Å². The summed E-state index contributed by atoms with van der Waals surface area (Å²) < 4.78 is 3.51. The lowest BCUT2D eigenvalue weighted by Gasteiger charge is -2.31. The van der Waals surface area contributed by atoms with Crippen molar-refractivity contribution in [3.8, 4) is 0 Å². The molecule has 2 aromatic heterocycles. The molecular weight excluding hydrogens is 400 g/mol. The van der Waals surface area contributed by atoms with Gasteiger partial charge in [-0.05, 0) is 43.4 Å². The Hall–Kier alpha value is -3.41. The van der Waals surface area contributed by atoms with E-state index in [1.807, 2.05) is 58.9 Å². The second-order valence-electron chi connectivity index (χ2n) is 9.05. The molecule has 6 heteroatoms. The van der Waals surface area contributed by atoms with Crippen LogP contribution in [0.25, 0.3) is 21.9 Å². The number of piperidine rings is 1. The van der Waals surface area contributed by atoms with E-state index < -0.39 is 0 Å². The average molecular weight is 429 g/mol. The SMILES string of the molecule is Cc1ccc2c(c1)c1ncn(Cc3ccccc3)c(=O)c1n2CC(=O)N1CCCC(C)C1. The van der Waals surface area contributed by atoms with E-state index in [0.29, 0.717) is 23.5 Å². The first-order chi connectivity index (χ1) is 15.5. The Labute approximate surface area is 187 Å². The maximum atomic E-state index is 13.6. The van der Waals surface area contributed by atoms with Gasteiger partial charge in [-0.15, -0.1) is 0 Å². The van der Waals surface area contributed by atoms with Crippen LogP contribution in [-0.4, -0.2) is 38.0 Å². The van der Waals surface area contributed by atoms with E-state index in [2.05, 4.69) is 18.0 Å². The second kappa shape index (κ2) is 8.26. The highest BCUT2D eigenvalue weighted by atomic mass is 16.2. The fourth-order valence-electron chi connectivity index (χ4n) is 4.82. The van der Waals surface area contributed by atoms with E-state index in [1.165, 1.54) is 0 Å². The third kappa shape index (κ3) is 3.70. The van der Waals surface area contributed by atoms with Crippen LogP contribution in [0, 0.1) is 12.8 Å². The van der Waals surface area contributed by atoms with Gasteiger partial charge in [0.25, 0.3) is 5.56 Å². The van der Waals surface area contributed by atoms with E-state index in [4.69, 9.17) is 0 Å². The van der Waals surface area contributed by atoms with Gasteiger partial charge in [0, 0.05) is 18.5 Å². The molecule has 1 atom stereocenters. The summed E-state index contributed by atoms with van der Waals surface area (Å²) in [5, 5.41) is 0.920. The molecule has 2 aromatic carbocycles. The molecule has 5 rings (SSSR count). The normalized spacial score (nSPS) is 16.7. The number of carbonyl (C=O) groups excluding carboxylic acids is 1. The molecular formula is C26H28N4O2. The zero-order valence-corrected chi connectivity index (χ0v) is 18.6. The first-order valence-corrected chi connectivity index (χ1v) is 11.3. The number of carbonyl (C=O) groups is 1. The summed E-state index contributed by atoms with van der Waals surface area (Å²) in [7, 11) is 0. The van der Waals surface area contributed by atoms with Gasteiger partial charge in [0.15, 0.2) is 0 Å². The number of fused-ring (bicyclic) bond motifs is 3. The van der Waals surface area contributed by atoms with E-state index in [0.717, 1.165) is 48.0 Å². The Morgan fingerprint density at radius 3 is 2.75 bits per heavy atom. The summed E-state index contributed by atoms with van der Waals surface area (Å²) in [6, 6.07) is 16.0. The van der Waals surface area contributed by atoms with Crippen LogP contribution in [0.4, 0.5) is 0 Å². The van der Waals surface area contributed by atoms with Crippen LogP contribution in [0.5, 0.6) is 0 Å². The van der Waals surface area contributed by atoms with Gasteiger partial charge in [-0.3, -0.25) is 14.2 Å². The largest absolute Gasteiger partial charge is 0.341 e. The number of nitrogens with zero attached hydrogens (tertiary/aromatic N) is 4. The lowest BCUT2D eigenvalue weighted by molar-refractivity contribution is -0.133. The fraction of sp³-hybridized carbons (Fsp3) is 0.346. The number of rotatable bonds is 4. The van der Waals surface area contributed by atoms with Crippen LogP contribution in [0.15, 0.2) is 59.7 Å². The van der Waals surface area contributed by atoms with Crippen molar-refractivity contribution < 1.29 is 4.79 Å². The molecule has 164 valence electrons. The topological polar surface area (TPSA) is 60.1 Å². The first kappa shape index (κ1) is 20.5. The number of hydrogen-bond donors (Lipinski definition) is 0. The molecule has 0 N–H and O–H groups in total. The number of benzene rings is 2. The molecule has 1 aliphatic rings. The molecule has 0 bridgehead atoms. The standard InChI is InChI=1S/C26H28N4O2/c1-18-10-11-22-21(13-18)24-25(30(22)16-23(31)28-12-6-7-19(2)14-28)26(32)29(17-27-24)15-20-8-4-3-5-9-20/h3-5,8-11,13,17,19H,6-7,12,14-16H2,1-2H3. The quantitative estimate of drug-likeness (QED) is 0.494. The van der Waals surface area contributed by atoms with Gasteiger partial charge in [0.2, 0.25) is 5.91 Å². The second-order valence-corrected chi connectivity index (χ2v) is 9.05. The Morgan fingerprint density at radius 2 is 1.97 bits per heavy atom. The molecule has 1 unspecified atom stereocenters. The van der Waals surface area contributed by atoms with Gasteiger partial charge in [-0.1, -0.05) is 48.9 Å². The van der Waals surface area contributed by atoms with E-state index in [9.17, 15) is 9.59 Å². The average Bonchev–Trinajstić information content (AvgIpc) is 3.09. The van der Waals surface area contributed by atoms with Crippen molar-refractivity contribution in [2.24, 2.45) is 5.92 Å². The molecule has 1 saturated heterocycles. The lowest BCUT2D eigenvalue weighted by Crippen LogP contribution is -2.41. The summed E-state index contributed by atoms with van der Waals surface area (Å²) in [5.74, 6) is 0.576. The maximum Gasteiger partial charge on any atom is 0.278 e. The van der Waals surface area contributed by atoms with Crippen molar-refractivity contribution >= 4 is 27.8 Å². The van der Waals surface area contributed by atoms with Crippen molar-refractivity contribution in [3.63, 3.8) is 0 Å². The minimum atomic E-state index is -0.118. The van der Waals surface area contributed by atoms with Gasteiger partial charge in [0.05, 0.1) is 18.4 Å². The van der Waals surface area contributed by atoms with Gasteiger partial charge in [-0.25, -0.2) is 4.98 Å². The van der Waals surface area contributed by atoms with Gasteiger partial charge >= 0.3 is 0 Å². The van der Waals surface area contributed by atoms with Crippen LogP contribution in [0.3, 0.4) is 0 Å². The summed E-state index contributed by atoms with van der Waals surface area (Å²) in [5.41, 5.74) is 4.06. The summed E-state index contributed by atoms with van der Waals surface area (Å²) in [6.07, 6.45) is 3.81. The molecule has 3 heterocycles. The Morgan fingerprint density at radius 1 is 1.16 bits per heavy atom. The van der Waals surface area contributed by atoms with Gasteiger partial charge in [-0.2, -0.15) is 0 Å². The molecule has 1 amide bonds. The Balaban J connectivity index is 1.62. The summed E-state index contributed by atoms with van der Waals surface area (Å²) in [4.78, 5) is 33.4. The van der Waals surface area contributed by atoms with E-state index >= 15 is 0 Å². The number of aryl methyl sites for hydroxylation is 1. The van der Waals surface area contributed by atoms with Crippen LogP contribution in [0.1, 0.15) is 30.9 Å².